The molecule has 0 aromatic carbocycles. The Kier molecular flexibility index (Phi) is 7.74. The van der Waals surface area contributed by atoms with Gasteiger partial charge < -0.3 is 9.43 Å². The van der Waals surface area contributed by atoms with Crippen molar-refractivity contribution in [1.29, 1.82) is 0 Å². The van der Waals surface area contributed by atoms with Gasteiger partial charge in [-0.05, 0) is 44.4 Å². The van der Waals surface area contributed by atoms with Crippen molar-refractivity contribution in [2.24, 2.45) is 0 Å². The van der Waals surface area contributed by atoms with Gasteiger partial charge in [0, 0.05) is 6.54 Å². The van der Waals surface area contributed by atoms with E-state index in [1.54, 1.807) is 0 Å². The fourth-order valence-corrected chi connectivity index (χ4v) is 10.7. The Hall–Kier alpha value is -0.396. The number of unbranched alkanes of at least 4 members (excludes halogenated alkanes) is 1. The molecule has 3 nitrogen and oxygen atoms in total. The fourth-order valence-electron chi connectivity index (χ4n) is 2.01. The molecule has 0 aliphatic rings. The predicted octanol–water partition coefficient (Wildman–Crippen LogP) is 3.52. The van der Waals surface area contributed by atoms with Crippen LogP contribution in [0.1, 0.15) is 19.8 Å². The van der Waals surface area contributed by atoms with Crippen LogP contribution in [-0.2, 0) is 8.91 Å². The molecule has 0 heterocycles. The van der Waals surface area contributed by atoms with Gasteiger partial charge >= 0.3 is 0 Å². The van der Waals surface area contributed by atoms with E-state index in [0.717, 1.165) is 6.04 Å². The highest BCUT2D eigenvalue weighted by atomic mass is 28.4. The zero-order valence-electron chi connectivity index (χ0n) is 12.6. The third kappa shape index (κ3) is 8.66. The van der Waals surface area contributed by atoms with Gasteiger partial charge in [0.1, 0.15) is 0 Å². The van der Waals surface area contributed by atoms with Crippen LogP contribution < -0.4 is 5.32 Å². The molecule has 18 heavy (non-hydrogen) atoms. The highest BCUT2D eigenvalue weighted by Crippen LogP contribution is 2.22. The van der Waals surface area contributed by atoms with Crippen molar-refractivity contribution >= 4 is 22.5 Å². The van der Waals surface area contributed by atoms with Crippen LogP contribution in [0.3, 0.4) is 0 Å². The van der Waals surface area contributed by atoms with Crippen LogP contribution in [-0.4, -0.2) is 29.1 Å². The van der Waals surface area contributed by atoms with Crippen LogP contribution in [0.4, 0.5) is 0 Å². The number of carbonyl (C=O) groups is 1. The first-order valence-corrected chi connectivity index (χ1v) is 13.1. The largest absolute Gasteiger partial charge is 0.455 e. The van der Waals surface area contributed by atoms with E-state index >= 15 is 0 Å². The smallest absolute Gasteiger partial charge is 0.243 e. The van der Waals surface area contributed by atoms with E-state index in [1.807, 2.05) is 0 Å². The maximum absolute atomic E-state index is 11.1. The van der Waals surface area contributed by atoms with Crippen molar-refractivity contribution in [3.63, 3.8) is 0 Å². The SMILES string of the molecule is C=CC(=O)NCC[Si](C)(C)O[Si](C)(C)CCCC. The van der Waals surface area contributed by atoms with E-state index in [9.17, 15) is 4.79 Å². The number of hydrogen-bond acceptors (Lipinski definition) is 2. The van der Waals surface area contributed by atoms with Gasteiger partial charge in [0.05, 0.1) is 0 Å². The van der Waals surface area contributed by atoms with E-state index in [4.69, 9.17) is 4.12 Å². The standard InChI is InChI=1S/C13H29NO2Si2/c1-7-9-11-17(3,4)16-18(5,6)12-10-14-13(15)8-2/h8H,2,7,9-12H2,1,3-6H3,(H,14,15). The highest BCUT2D eigenvalue weighted by molar-refractivity contribution is 6.84. The zero-order chi connectivity index (χ0) is 14.2. The third-order valence-corrected chi connectivity index (χ3v) is 10.3. The fraction of sp³-hybridized carbons (Fsp3) is 0.769. The highest BCUT2D eigenvalue weighted by Gasteiger charge is 2.32. The molecule has 0 unspecified atom stereocenters. The normalized spacial score (nSPS) is 12.3. The van der Waals surface area contributed by atoms with Gasteiger partial charge in [-0.1, -0.05) is 26.3 Å². The van der Waals surface area contributed by atoms with E-state index in [2.05, 4.69) is 45.0 Å². The van der Waals surface area contributed by atoms with Crippen LogP contribution >= 0.6 is 0 Å². The average Bonchev–Trinajstić information content (AvgIpc) is 2.24. The molecule has 0 aliphatic carbocycles. The first-order chi connectivity index (χ1) is 8.22. The van der Waals surface area contributed by atoms with Crippen LogP contribution in [0.5, 0.6) is 0 Å². The molecule has 0 aliphatic heterocycles. The lowest BCUT2D eigenvalue weighted by atomic mass is 10.4. The summed E-state index contributed by atoms with van der Waals surface area (Å²) in [4.78, 5) is 11.1. The molecule has 0 aromatic heterocycles. The van der Waals surface area contributed by atoms with Gasteiger partial charge in [-0.3, -0.25) is 4.79 Å². The molecule has 5 heteroatoms. The lowest BCUT2D eigenvalue weighted by Gasteiger charge is -2.34. The van der Waals surface area contributed by atoms with Crippen molar-refractivity contribution < 1.29 is 8.91 Å². The van der Waals surface area contributed by atoms with E-state index < -0.39 is 16.6 Å². The van der Waals surface area contributed by atoms with Crippen molar-refractivity contribution in [3.05, 3.63) is 12.7 Å². The minimum Gasteiger partial charge on any atom is -0.455 e. The summed E-state index contributed by atoms with van der Waals surface area (Å²) in [5.74, 6) is -0.0951. The molecular formula is C13H29NO2Si2. The van der Waals surface area contributed by atoms with Crippen LogP contribution in [0.15, 0.2) is 12.7 Å². The van der Waals surface area contributed by atoms with Gasteiger partial charge in [0.15, 0.2) is 16.6 Å². The molecule has 0 fully saturated rings. The summed E-state index contributed by atoms with van der Waals surface area (Å²) in [7, 11) is -3.17. The second-order valence-corrected chi connectivity index (χ2v) is 14.8. The Bertz CT molecular complexity index is 278. The second-order valence-electron chi connectivity index (χ2n) is 5.97. The number of rotatable bonds is 9. The maximum Gasteiger partial charge on any atom is 0.243 e. The third-order valence-electron chi connectivity index (χ3n) is 2.90. The molecule has 106 valence electrons. The molecular weight excluding hydrogens is 258 g/mol. The van der Waals surface area contributed by atoms with Crippen molar-refractivity contribution in [1.82, 2.24) is 5.32 Å². The summed E-state index contributed by atoms with van der Waals surface area (Å²) in [5.41, 5.74) is 0. The Morgan fingerprint density at radius 1 is 1.22 bits per heavy atom. The van der Waals surface area contributed by atoms with Crippen LogP contribution in [0.2, 0.25) is 38.3 Å². The molecule has 0 saturated carbocycles. The van der Waals surface area contributed by atoms with Gasteiger partial charge in [-0.15, -0.1) is 0 Å². The lowest BCUT2D eigenvalue weighted by molar-refractivity contribution is -0.116. The molecule has 0 spiro atoms. The Balaban J connectivity index is 4.12. The predicted molar refractivity (Wildman–Crippen MR) is 83.8 cm³/mol. The second kappa shape index (κ2) is 7.91. The summed E-state index contributed by atoms with van der Waals surface area (Å²) in [6.07, 6.45) is 3.81. The van der Waals surface area contributed by atoms with Crippen LogP contribution in [0, 0.1) is 0 Å². The number of amides is 1. The topological polar surface area (TPSA) is 38.3 Å². The minimum absolute atomic E-state index is 0.0951. The van der Waals surface area contributed by atoms with Crippen molar-refractivity contribution in [3.8, 4) is 0 Å². The van der Waals surface area contributed by atoms with Gasteiger partial charge in [-0.25, -0.2) is 0 Å². The molecule has 0 bridgehead atoms. The van der Waals surface area contributed by atoms with Crippen molar-refractivity contribution in [2.45, 2.75) is 58.0 Å². The Morgan fingerprint density at radius 2 is 1.78 bits per heavy atom. The number of carbonyl (C=O) groups excluding carboxylic acids is 1. The number of hydrogen-bond donors (Lipinski definition) is 1. The summed E-state index contributed by atoms with van der Waals surface area (Å²) >= 11 is 0. The Morgan fingerprint density at radius 3 is 2.28 bits per heavy atom. The summed E-state index contributed by atoms with van der Waals surface area (Å²) in [6, 6.07) is 2.20. The molecule has 0 aromatic rings. The van der Waals surface area contributed by atoms with Gasteiger partial charge in [0.2, 0.25) is 5.91 Å². The number of nitrogens with one attached hydrogen (secondary N) is 1. The van der Waals surface area contributed by atoms with E-state index in [-0.39, 0.29) is 5.91 Å². The monoisotopic (exact) mass is 287 g/mol. The minimum atomic E-state index is -1.66. The summed E-state index contributed by atoms with van der Waals surface area (Å²) in [6.45, 7) is 15.5. The van der Waals surface area contributed by atoms with Crippen LogP contribution in [0.25, 0.3) is 0 Å². The quantitative estimate of drug-likeness (QED) is 0.520. The molecule has 0 rings (SSSR count). The van der Waals surface area contributed by atoms with E-state index in [0.29, 0.717) is 6.54 Å². The Labute approximate surface area is 114 Å². The zero-order valence-corrected chi connectivity index (χ0v) is 14.6. The molecule has 0 saturated heterocycles. The maximum atomic E-state index is 11.1. The molecule has 0 atom stereocenters. The molecule has 1 N–H and O–H groups in total. The first-order valence-electron chi connectivity index (χ1n) is 6.83. The molecule has 0 radical (unpaired) electrons. The lowest BCUT2D eigenvalue weighted by Crippen LogP contribution is -2.45. The first kappa shape index (κ1) is 17.6. The van der Waals surface area contributed by atoms with Gasteiger partial charge in [0.25, 0.3) is 0 Å². The van der Waals surface area contributed by atoms with Crippen molar-refractivity contribution in [2.75, 3.05) is 6.54 Å². The molecule has 1 amide bonds. The summed E-state index contributed by atoms with van der Waals surface area (Å²) < 4.78 is 6.44. The van der Waals surface area contributed by atoms with Gasteiger partial charge in [-0.2, -0.15) is 0 Å². The average molecular weight is 288 g/mol. The van der Waals surface area contributed by atoms with E-state index in [1.165, 1.54) is 25.0 Å². The summed E-state index contributed by atoms with van der Waals surface area (Å²) in [5, 5.41) is 2.83.